The van der Waals surface area contributed by atoms with E-state index in [1.54, 1.807) is 11.3 Å². The zero-order chi connectivity index (χ0) is 18.6. The zero-order valence-corrected chi connectivity index (χ0v) is 16.8. The van der Waals surface area contributed by atoms with Gasteiger partial charge in [0.25, 0.3) is 0 Å². The highest BCUT2D eigenvalue weighted by Gasteiger charge is 2.30. The lowest BCUT2D eigenvalue weighted by atomic mass is 9.99. The summed E-state index contributed by atoms with van der Waals surface area (Å²) in [6.45, 7) is 5.85. The van der Waals surface area contributed by atoms with Gasteiger partial charge in [0.1, 0.15) is 5.82 Å². The summed E-state index contributed by atoms with van der Waals surface area (Å²) in [7, 11) is 0. The van der Waals surface area contributed by atoms with Crippen molar-refractivity contribution in [2.75, 3.05) is 24.5 Å². The second-order valence-corrected chi connectivity index (χ2v) is 8.54. The molecule has 0 aromatic carbocycles. The number of nitrogens with one attached hydrogen (secondary N) is 1. The van der Waals surface area contributed by atoms with Crippen molar-refractivity contribution in [2.45, 2.75) is 45.2 Å². The van der Waals surface area contributed by atoms with Gasteiger partial charge in [0.05, 0.1) is 6.04 Å². The molecular weight excluding hydrogens is 356 g/mol. The van der Waals surface area contributed by atoms with Crippen LogP contribution in [-0.2, 0) is 6.54 Å². The first-order chi connectivity index (χ1) is 13.2. The number of hydrogen-bond donors (Lipinski definition) is 1. The molecule has 1 unspecified atom stereocenters. The molecule has 2 aliphatic rings. The predicted octanol–water partition coefficient (Wildman–Crippen LogP) is 4.43. The smallest absolute Gasteiger partial charge is 0.318 e. The topological polar surface area (TPSA) is 48.5 Å². The summed E-state index contributed by atoms with van der Waals surface area (Å²) in [5.74, 6) is 1.87. The number of thiophene rings is 1. The molecule has 2 saturated heterocycles. The summed E-state index contributed by atoms with van der Waals surface area (Å²) >= 11 is 1.69. The van der Waals surface area contributed by atoms with Crippen LogP contribution in [0.3, 0.4) is 0 Å². The number of aromatic nitrogens is 1. The third-order valence-corrected chi connectivity index (χ3v) is 6.50. The van der Waals surface area contributed by atoms with Gasteiger partial charge in [-0.25, -0.2) is 9.78 Å². The van der Waals surface area contributed by atoms with Gasteiger partial charge in [-0.1, -0.05) is 13.0 Å². The van der Waals surface area contributed by atoms with E-state index in [1.165, 1.54) is 18.4 Å². The Morgan fingerprint density at radius 2 is 2.07 bits per heavy atom. The second kappa shape index (κ2) is 8.30. The molecule has 0 aliphatic carbocycles. The molecule has 4 rings (SSSR count). The molecule has 2 aromatic rings. The lowest BCUT2D eigenvalue weighted by Crippen LogP contribution is -2.39. The minimum absolute atomic E-state index is 0.0257. The van der Waals surface area contributed by atoms with Crippen molar-refractivity contribution < 1.29 is 4.79 Å². The molecule has 6 heteroatoms. The predicted molar refractivity (Wildman–Crippen MR) is 110 cm³/mol. The standard InChI is InChI=1S/C21H28N4OS/c1-16-6-10-24(11-7-16)20-5-4-17(13-22-20)14-23-21(26)25-9-2-3-19(25)18-8-12-27-15-18/h4-5,8,12-13,15-16,19H,2-3,6-7,9-11,14H2,1H3,(H,23,26). The highest BCUT2D eigenvalue weighted by Crippen LogP contribution is 2.33. The van der Waals surface area contributed by atoms with E-state index in [1.807, 2.05) is 11.1 Å². The number of rotatable bonds is 4. The average molecular weight is 385 g/mol. The number of likely N-dealkylation sites (tertiary alicyclic amines) is 1. The zero-order valence-electron chi connectivity index (χ0n) is 15.9. The van der Waals surface area contributed by atoms with Crippen LogP contribution in [0.2, 0.25) is 0 Å². The van der Waals surface area contributed by atoms with E-state index < -0.39 is 0 Å². The van der Waals surface area contributed by atoms with Crippen molar-refractivity contribution in [3.8, 4) is 0 Å². The molecule has 2 aliphatic heterocycles. The molecule has 1 atom stereocenters. The van der Waals surface area contributed by atoms with E-state index in [0.717, 1.165) is 49.8 Å². The first-order valence-electron chi connectivity index (χ1n) is 9.97. The van der Waals surface area contributed by atoms with Crippen molar-refractivity contribution in [3.05, 3.63) is 46.3 Å². The van der Waals surface area contributed by atoms with Crippen LogP contribution in [0.25, 0.3) is 0 Å². The third kappa shape index (κ3) is 4.26. The van der Waals surface area contributed by atoms with Gasteiger partial charge >= 0.3 is 6.03 Å². The Balaban J connectivity index is 1.31. The van der Waals surface area contributed by atoms with Crippen LogP contribution >= 0.6 is 11.3 Å². The molecule has 2 fully saturated rings. The van der Waals surface area contributed by atoms with E-state index in [4.69, 9.17) is 0 Å². The molecule has 1 N–H and O–H groups in total. The average Bonchev–Trinajstić information content (AvgIpc) is 3.38. The fourth-order valence-corrected chi connectivity index (χ4v) is 4.75. The summed E-state index contributed by atoms with van der Waals surface area (Å²) in [4.78, 5) is 21.6. The van der Waals surface area contributed by atoms with Gasteiger partial charge in [0.2, 0.25) is 0 Å². The summed E-state index contributed by atoms with van der Waals surface area (Å²) in [6, 6.07) is 6.55. The van der Waals surface area contributed by atoms with Gasteiger partial charge in [0, 0.05) is 32.4 Å². The van der Waals surface area contributed by atoms with Crippen molar-refractivity contribution in [2.24, 2.45) is 5.92 Å². The van der Waals surface area contributed by atoms with Crippen LogP contribution < -0.4 is 10.2 Å². The molecule has 27 heavy (non-hydrogen) atoms. The molecule has 2 amide bonds. The minimum Gasteiger partial charge on any atom is -0.357 e. The van der Waals surface area contributed by atoms with E-state index in [0.29, 0.717) is 6.54 Å². The highest BCUT2D eigenvalue weighted by atomic mass is 32.1. The number of piperidine rings is 1. The lowest BCUT2D eigenvalue weighted by Gasteiger charge is -2.31. The fourth-order valence-electron chi connectivity index (χ4n) is 4.05. The van der Waals surface area contributed by atoms with Crippen molar-refractivity contribution >= 4 is 23.2 Å². The van der Waals surface area contributed by atoms with Gasteiger partial charge in [-0.15, -0.1) is 0 Å². The summed E-state index contributed by atoms with van der Waals surface area (Å²) in [6.07, 6.45) is 6.49. The van der Waals surface area contributed by atoms with Crippen LogP contribution in [-0.4, -0.2) is 35.5 Å². The first-order valence-corrected chi connectivity index (χ1v) is 10.9. The molecule has 0 bridgehead atoms. The Morgan fingerprint density at radius 3 is 2.78 bits per heavy atom. The second-order valence-electron chi connectivity index (χ2n) is 7.76. The maximum atomic E-state index is 12.7. The van der Waals surface area contributed by atoms with Gasteiger partial charge in [0.15, 0.2) is 0 Å². The quantitative estimate of drug-likeness (QED) is 0.848. The van der Waals surface area contributed by atoms with Crippen LogP contribution in [0.5, 0.6) is 0 Å². The van der Waals surface area contributed by atoms with Crippen LogP contribution in [0.1, 0.15) is 49.8 Å². The van der Waals surface area contributed by atoms with Gasteiger partial charge in [-0.05, 0) is 65.6 Å². The summed E-state index contributed by atoms with van der Waals surface area (Å²) < 4.78 is 0. The van der Waals surface area contributed by atoms with E-state index in [-0.39, 0.29) is 12.1 Å². The van der Waals surface area contributed by atoms with E-state index in [9.17, 15) is 4.79 Å². The van der Waals surface area contributed by atoms with E-state index >= 15 is 0 Å². The van der Waals surface area contributed by atoms with Crippen molar-refractivity contribution in [1.82, 2.24) is 15.2 Å². The summed E-state index contributed by atoms with van der Waals surface area (Å²) in [5, 5.41) is 7.31. The molecular formula is C21H28N4OS. The number of carbonyl (C=O) groups excluding carboxylic acids is 1. The number of amides is 2. The number of anilines is 1. The van der Waals surface area contributed by atoms with Crippen LogP contribution in [0, 0.1) is 5.92 Å². The van der Waals surface area contributed by atoms with Crippen molar-refractivity contribution in [1.29, 1.82) is 0 Å². The van der Waals surface area contributed by atoms with Crippen LogP contribution in [0.4, 0.5) is 10.6 Å². The lowest BCUT2D eigenvalue weighted by molar-refractivity contribution is 0.192. The molecule has 5 nitrogen and oxygen atoms in total. The fraction of sp³-hybridized carbons (Fsp3) is 0.524. The highest BCUT2D eigenvalue weighted by molar-refractivity contribution is 7.08. The Hall–Kier alpha value is -2.08. The summed E-state index contributed by atoms with van der Waals surface area (Å²) in [5.41, 5.74) is 2.30. The minimum atomic E-state index is 0.0257. The number of hydrogen-bond acceptors (Lipinski definition) is 4. The molecule has 0 radical (unpaired) electrons. The van der Waals surface area contributed by atoms with Gasteiger partial charge < -0.3 is 15.1 Å². The molecule has 144 valence electrons. The normalized spacial score (nSPS) is 20.9. The largest absolute Gasteiger partial charge is 0.357 e. The van der Waals surface area contributed by atoms with Crippen LogP contribution in [0.15, 0.2) is 35.2 Å². The molecule has 4 heterocycles. The Bertz CT molecular complexity index is 738. The molecule has 0 spiro atoms. The monoisotopic (exact) mass is 384 g/mol. The number of pyridine rings is 1. The molecule has 2 aromatic heterocycles. The Kier molecular flexibility index (Phi) is 5.62. The third-order valence-electron chi connectivity index (χ3n) is 5.80. The molecule has 0 saturated carbocycles. The Labute approximate surface area is 165 Å². The van der Waals surface area contributed by atoms with Gasteiger partial charge in [-0.2, -0.15) is 11.3 Å². The number of nitrogens with zero attached hydrogens (tertiary/aromatic N) is 3. The maximum absolute atomic E-state index is 12.7. The SMILES string of the molecule is CC1CCN(c2ccc(CNC(=O)N3CCCC3c3ccsc3)cn2)CC1. The number of urea groups is 1. The van der Waals surface area contributed by atoms with E-state index in [2.05, 4.69) is 51.1 Å². The van der Waals surface area contributed by atoms with Crippen molar-refractivity contribution in [3.63, 3.8) is 0 Å². The van der Waals surface area contributed by atoms with Gasteiger partial charge in [-0.3, -0.25) is 0 Å². The number of carbonyl (C=O) groups is 1. The first kappa shape index (κ1) is 18.3. The maximum Gasteiger partial charge on any atom is 0.318 e. The Morgan fingerprint density at radius 1 is 1.22 bits per heavy atom.